The maximum absolute atomic E-state index is 5.68. The molecular weight excluding hydrogens is 226 g/mol. The van der Waals surface area contributed by atoms with Gasteiger partial charge in [-0.15, -0.1) is 10.2 Å². The highest BCUT2D eigenvalue weighted by Crippen LogP contribution is 2.21. The first-order chi connectivity index (χ1) is 8.70. The van der Waals surface area contributed by atoms with E-state index in [0.717, 1.165) is 18.0 Å². The van der Waals surface area contributed by atoms with Crippen LogP contribution in [-0.4, -0.2) is 14.8 Å². The van der Waals surface area contributed by atoms with Crippen LogP contribution in [-0.2, 0) is 13.7 Å². The van der Waals surface area contributed by atoms with Gasteiger partial charge in [0.2, 0.25) is 0 Å². The average molecular weight is 245 g/mol. The van der Waals surface area contributed by atoms with Crippen molar-refractivity contribution in [1.29, 1.82) is 0 Å². The van der Waals surface area contributed by atoms with Crippen molar-refractivity contribution in [3.63, 3.8) is 0 Å². The van der Waals surface area contributed by atoms with Crippen LogP contribution in [0.2, 0.25) is 0 Å². The van der Waals surface area contributed by atoms with Crippen molar-refractivity contribution in [3.8, 4) is 5.75 Å². The van der Waals surface area contributed by atoms with Gasteiger partial charge in [0.1, 0.15) is 18.7 Å². The summed E-state index contributed by atoms with van der Waals surface area (Å²) < 4.78 is 7.53. The molecule has 0 spiro atoms. The van der Waals surface area contributed by atoms with Crippen molar-refractivity contribution >= 4 is 0 Å². The molecule has 0 bridgehead atoms. The van der Waals surface area contributed by atoms with Gasteiger partial charge < -0.3 is 9.30 Å². The molecule has 1 aromatic carbocycles. The van der Waals surface area contributed by atoms with Gasteiger partial charge in [0.05, 0.1) is 0 Å². The Morgan fingerprint density at radius 3 is 2.56 bits per heavy atom. The highest BCUT2D eigenvalue weighted by molar-refractivity contribution is 5.29. The molecule has 2 aromatic rings. The van der Waals surface area contributed by atoms with E-state index in [9.17, 15) is 0 Å². The van der Waals surface area contributed by atoms with E-state index in [4.69, 9.17) is 4.74 Å². The third-order valence-electron chi connectivity index (χ3n) is 3.23. The van der Waals surface area contributed by atoms with E-state index >= 15 is 0 Å². The van der Waals surface area contributed by atoms with E-state index in [2.05, 4.69) is 36.2 Å². The Labute approximate surface area is 108 Å². The van der Waals surface area contributed by atoms with Crippen LogP contribution >= 0.6 is 0 Å². The Morgan fingerprint density at radius 1 is 1.28 bits per heavy atom. The minimum Gasteiger partial charge on any atom is -0.486 e. The van der Waals surface area contributed by atoms with Gasteiger partial charge in [0, 0.05) is 7.05 Å². The molecule has 0 aliphatic heterocycles. The second-order valence-corrected chi connectivity index (χ2v) is 4.53. The van der Waals surface area contributed by atoms with Crippen molar-refractivity contribution in [1.82, 2.24) is 14.8 Å². The van der Waals surface area contributed by atoms with Crippen molar-refractivity contribution < 1.29 is 4.74 Å². The summed E-state index contributed by atoms with van der Waals surface area (Å²) in [5, 5.41) is 7.79. The minimum atomic E-state index is 0.444. The van der Waals surface area contributed by atoms with Gasteiger partial charge in [-0.1, -0.05) is 26.0 Å². The zero-order valence-corrected chi connectivity index (χ0v) is 11.1. The molecule has 0 aliphatic carbocycles. The molecule has 0 saturated carbocycles. The molecule has 1 unspecified atom stereocenters. The number of aromatic nitrogens is 3. The lowest BCUT2D eigenvalue weighted by atomic mass is 9.99. The molecule has 0 fully saturated rings. The molecule has 4 heteroatoms. The lowest BCUT2D eigenvalue weighted by Gasteiger charge is -2.10. The molecular formula is C14H19N3O. The van der Waals surface area contributed by atoms with Crippen LogP contribution in [0.4, 0.5) is 0 Å². The van der Waals surface area contributed by atoms with Crippen LogP contribution in [0.5, 0.6) is 5.75 Å². The highest BCUT2D eigenvalue weighted by atomic mass is 16.5. The standard InChI is InChI=1S/C14H19N3O/c1-4-11(2)12-5-7-13(8-6-12)18-9-14-16-15-10-17(14)3/h5-8,10-11H,4,9H2,1-3H3. The van der Waals surface area contributed by atoms with Crippen molar-refractivity contribution in [2.24, 2.45) is 7.05 Å². The van der Waals surface area contributed by atoms with E-state index in [1.807, 2.05) is 23.7 Å². The first kappa shape index (κ1) is 12.6. The van der Waals surface area contributed by atoms with Crippen molar-refractivity contribution in [3.05, 3.63) is 42.0 Å². The van der Waals surface area contributed by atoms with Gasteiger partial charge in [0.15, 0.2) is 5.82 Å². The van der Waals surface area contributed by atoms with E-state index in [-0.39, 0.29) is 0 Å². The first-order valence-corrected chi connectivity index (χ1v) is 6.26. The monoisotopic (exact) mass is 245 g/mol. The van der Waals surface area contributed by atoms with Crippen LogP contribution in [0.3, 0.4) is 0 Å². The first-order valence-electron chi connectivity index (χ1n) is 6.26. The summed E-state index contributed by atoms with van der Waals surface area (Å²) in [6.45, 7) is 4.87. The van der Waals surface area contributed by atoms with Gasteiger partial charge in [-0.2, -0.15) is 0 Å². The van der Waals surface area contributed by atoms with E-state index in [1.165, 1.54) is 5.56 Å². The quantitative estimate of drug-likeness (QED) is 0.813. The third kappa shape index (κ3) is 2.88. The Kier molecular flexibility index (Phi) is 3.97. The minimum absolute atomic E-state index is 0.444. The fraction of sp³-hybridized carbons (Fsp3) is 0.429. The fourth-order valence-electron chi connectivity index (χ4n) is 1.71. The summed E-state index contributed by atoms with van der Waals surface area (Å²) >= 11 is 0. The maximum Gasteiger partial charge on any atom is 0.170 e. The largest absolute Gasteiger partial charge is 0.486 e. The number of nitrogens with zero attached hydrogens (tertiary/aromatic N) is 3. The van der Waals surface area contributed by atoms with Crippen LogP contribution in [0, 0.1) is 0 Å². The van der Waals surface area contributed by atoms with Gasteiger partial charge in [-0.05, 0) is 30.0 Å². The molecule has 1 aromatic heterocycles. The van der Waals surface area contributed by atoms with Crippen LogP contribution < -0.4 is 4.74 Å². The molecule has 4 nitrogen and oxygen atoms in total. The molecule has 2 rings (SSSR count). The Morgan fingerprint density at radius 2 is 2.00 bits per heavy atom. The summed E-state index contributed by atoms with van der Waals surface area (Å²) in [5.41, 5.74) is 1.35. The predicted octanol–water partition coefficient (Wildman–Crippen LogP) is 2.91. The molecule has 0 amide bonds. The van der Waals surface area contributed by atoms with E-state index in [1.54, 1.807) is 6.33 Å². The zero-order chi connectivity index (χ0) is 13.0. The second-order valence-electron chi connectivity index (χ2n) is 4.53. The SMILES string of the molecule is CCC(C)c1ccc(OCc2nncn2C)cc1. The predicted molar refractivity (Wildman–Crippen MR) is 70.5 cm³/mol. The number of benzene rings is 1. The van der Waals surface area contributed by atoms with Gasteiger partial charge in [0.25, 0.3) is 0 Å². The molecule has 1 atom stereocenters. The molecule has 18 heavy (non-hydrogen) atoms. The van der Waals surface area contributed by atoms with Crippen LogP contribution in [0.25, 0.3) is 0 Å². The topological polar surface area (TPSA) is 39.9 Å². The summed E-state index contributed by atoms with van der Waals surface area (Å²) in [4.78, 5) is 0. The summed E-state index contributed by atoms with van der Waals surface area (Å²) in [7, 11) is 1.91. The lowest BCUT2D eigenvalue weighted by Crippen LogP contribution is -2.03. The van der Waals surface area contributed by atoms with Crippen LogP contribution in [0.15, 0.2) is 30.6 Å². The molecule has 96 valence electrons. The second kappa shape index (κ2) is 5.67. The van der Waals surface area contributed by atoms with Gasteiger partial charge in [-0.3, -0.25) is 0 Å². The number of aryl methyl sites for hydroxylation is 1. The van der Waals surface area contributed by atoms with E-state index < -0.39 is 0 Å². The highest BCUT2D eigenvalue weighted by Gasteiger charge is 2.04. The normalized spacial score (nSPS) is 12.4. The number of ether oxygens (including phenoxy) is 1. The summed E-state index contributed by atoms with van der Waals surface area (Å²) in [5.74, 6) is 2.28. The molecule has 0 aliphatic rings. The molecule has 1 heterocycles. The zero-order valence-electron chi connectivity index (χ0n) is 11.1. The van der Waals surface area contributed by atoms with Gasteiger partial charge >= 0.3 is 0 Å². The molecule has 0 saturated heterocycles. The Bertz CT molecular complexity index is 490. The number of rotatable bonds is 5. The lowest BCUT2D eigenvalue weighted by molar-refractivity contribution is 0.291. The fourth-order valence-corrected chi connectivity index (χ4v) is 1.71. The smallest absolute Gasteiger partial charge is 0.170 e. The molecule has 0 radical (unpaired) electrons. The van der Waals surface area contributed by atoms with Crippen LogP contribution in [0.1, 0.15) is 37.6 Å². The van der Waals surface area contributed by atoms with Crippen molar-refractivity contribution in [2.45, 2.75) is 32.8 Å². The van der Waals surface area contributed by atoms with Crippen molar-refractivity contribution in [2.75, 3.05) is 0 Å². The Hall–Kier alpha value is -1.84. The summed E-state index contributed by atoms with van der Waals surface area (Å²) in [6, 6.07) is 8.27. The van der Waals surface area contributed by atoms with E-state index in [0.29, 0.717) is 12.5 Å². The average Bonchev–Trinajstić information content (AvgIpc) is 2.81. The molecule has 0 N–H and O–H groups in total. The number of hydrogen-bond acceptors (Lipinski definition) is 3. The number of hydrogen-bond donors (Lipinski definition) is 0. The van der Waals surface area contributed by atoms with Gasteiger partial charge in [-0.25, -0.2) is 0 Å². The third-order valence-corrected chi connectivity index (χ3v) is 3.23. The summed E-state index contributed by atoms with van der Waals surface area (Å²) in [6.07, 6.45) is 2.82. The maximum atomic E-state index is 5.68. The Balaban J connectivity index is 1.96.